The molecule has 1 aliphatic rings. The van der Waals surface area contributed by atoms with Crippen LogP contribution in [0.25, 0.3) is 0 Å². The van der Waals surface area contributed by atoms with Crippen molar-refractivity contribution in [3.8, 4) is 0 Å². The zero-order valence-corrected chi connectivity index (χ0v) is 16.0. The molecule has 5 nitrogen and oxygen atoms in total. The van der Waals surface area contributed by atoms with E-state index in [9.17, 15) is 9.59 Å². The largest absolute Gasteiger partial charge is 0.334 e. The molecule has 0 radical (unpaired) electrons. The lowest BCUT2D eigenvalue weighted by atomic mass is 10.3. The first-order chi connectivity index (χ1) is 12.1. The number of carbonyl (C=O) groups excluding carboxylic acids is 2. The van der Waals surface area contributed by atoms with Gasteiger partial charge in [0.25, 0.3) is 0 Å². The topological polar surface area (TPSA) is 53.5 Å². The van der Waals surface area contributed by atoms with E-state index in [1.165, 1.54) is 22.7 Å². The minimum Gasteiger partial charge on any atom is -0.334 e. The van der Waals surface area contributed by atoms with Crippen molar-refractivity contribution in [2.24, 2.45) is 0 Å². The summed E-state index contributed by atoms with van der Waals surface area (Å²) in [6.07, 6.45) is 3.36. The number of hydrogen-bond donors (Lipinski definition) is 0. The maximum Gasteiger partial charge on any atom is 0.229 e. The molecule has 0 atom stereocenters. The highest BCUT2D eigenvalue weighted by Crippen LogP contribution is 2.26. The molecule has 25 heavy (non-hydrogen) atoms. The van der Waals surface area contributed by atoms with Crippen molar-refractivity contribution in [1.29, 1.82) is 0 Å². The van der Waals surface area contributed by atoms with Gasteiger partial charge in [-0.3, -0.25) is 14.5 Å². The Labute approximate surface area is 159 Å². The molecule has 3 rings (SSSR count). The zero-order valence-electron chi connectivity index (χ0n) is 13.6. The molecule has 1 aliphatic heterocycles. The summed E-state index contributed by atoms with van der Waals surface area (Å²) in [5, 5.41) is 2.54. The highest BCUT2D eigenvalue weighted by Gasteiger charge is 2.25. The second-order valence-corrected chi connectivity index (χ2v) is 8.35. The highest BCUT2D eigenvalue weighted by molar-refractivity contribution is 7.16. The molecule has 2 amide bonds. The fourth-order valence-electron chi connectivity index (χ4n) is 2.65. The number of halogens is 1. The summed E-state index contributed by atoms with van der Waals surface area (Å²) in [4.78, 5) is 33.4. The fraction of sp³-hybridized carbons (Fsp3) is 0.353. The molecule has 0 N–H and O–H groups in total. The molecule has 2 aromatic rings. The van der Waals surface area contributed by atoms with Crippen molar-refractivity contribution in [2.75, 3.05) is 18.0 Å². The third-order valence-electron chi connectivity index (χ3n) is 3.85. The second kappa shape index (κ2) is 8.12. The Balaban J connectivity index is 1.65. The number of amides is 2. The first-order valence-electron chi connectivity index (χ1n) is 7.94. The van der Waals surface area contributed by atoms with Crippen molar-refractivity contribution in [2.45, 2.75) is 25.8 Å². The highest BCUT2D eigenvalue weighted by atomic mass is 35.5. The van der Waals surface area contributed by atoms with Crippen molar-refractivity contribution in [1.82, 2.24) is 9.88 Å². The Hall–Kier alpha value is -1.70. The van der Waals surface area contributed by atoms with Crippen LogP contribution in [0.1, 0.15) is 23.4 Å². The van der Waals surface area contributed by atoms with Gasteiger partial charge in [-0.05, 0) is 18.6 Å². The second-order valence-electron chi connectivity index (χ2n) is 5.72. The van der Waals surface area contributed by atoms with Gasteiger partial charge in [0.1, 0.15) is 0 Å². The molecule has 0 spiro atoms. The molecule has 2 aromatic heterocycles. The van der Waals surface area contributed by atoms with E-state index in [0.717, 1.165) is 11.3 Å². The third kappa shape index (κ3) is 4.48. The molecule has 1 saturated heterocycles. The molecule has 0 saturated carbocycles. The fourth-order valence-corrected chi connectivity index (χ4v) is 4.62. The van der Waals surface area contributed by atoms with Crippen LogP contribution in [0.15, 0.2) is 30.2 Å². The molecule has 0 aromatic carbocycles. The lowest BCUT2D eigenvalue weighted by Crippen LogP contribution is -2.31. The Bertz CT molecular complexity index is 786. The number of nitrogens with zero attached hydrogens (tertiary/aromatic N) is 3. The van der Waals surface area contributed by atoms with Crippen molar-refractivity contribution >= 4 is 51.2 Å². The van der Waals surface area contributed by atoms with Crippen LogP contribution in [-0.2, 0) is 22.6 Å². The zero-order chi connectivity index (χ0) is 17.8. The molecule has 8 heteroatoms. The Morgan fingerprint density at radius 1 is 1.48 bits per heavy atom. The summed E-state index contributed by atoms with van der Waals surface area (Å²) in [5.41, 5.74) is 0.697. The number of hydrogen-bond acceptors (Lipinski definition) is 5. The van der Waals surface area contributed by atoms with Gasteiger partial charge in [-0.15, -0.1) is 29.3 Å². The SMILES string of the molecule is C=CCN(Cc1ccc(Cl)s1)C(=O)Cc1csc(N2CCCC2=O)n1. The van der Waals surface area contributed by atoms with Crippen LogP contribution in [0.3, 0.4) is 0 Å². The van der Waals surface area contributed by atoms with Crippen molar-refractivity contribution in [3.63, 3.8) is 0 Å². The van der Waals surface area contributed by atoms with Crippen LogP contribution in [0.2, 0.25) is 4.34 Å². The number of thiazole rings is 1. The molecule has 132 valence electrons. The summed E-state index contributed by atoms with van der Waals surface area (Å²) in [6.45, 7) is 5.41. The third-order valence-corrected chi connectivity index (χ3v) is 5.98. The standard InChI is InChI=1S/C17H18ClN3O2S2/c1-2-7-20(10-13-5-6-14(18)25-13)16(23)9-12-11-24-17(19-12)21-8-3-4-15(21)22/h2,5-6,11H,1,3-4,7-10H2. The van der Waals surface area contributed by atoms with Crippen LogP contribution in [-0.4, -0.2) is 34.8 Å². The van der Waals surface area contributed by atoms with Gasteiger partial charge in [0.2, 0.25) is 11.8 Å². The summed E-state index contributed by atoms with van der Waals surface area (Å²) in [5.74, 6) is 0.0871. The molecule has 0 bridgehead atoms. The lowest BCUT2D eigenvalue weighted by molar-refractivity contribution is -0.130. The predicted octanol–water partition coefficient (Wildman–Crippen LogP) is 3.74. The first-order valence-corrected chi connectivity index (χ1v) is 10.0. The maximum absolute atomic E-state index is 12.6. The normalized spacial score (nSPS) is 14.1. The van der Waals surface area contributed by atoms with E-state index in [-0.39, 0.29) is 18.2 Å². The Morgan fingerprint density at radius 3 is 2.96 bits per heavy atom. The molecule has 0 aliphatic carbocycles. The molecule has 3 heterocycles. The average Bonchev–Trinajstić information content (AvgIpc) is 3.29. The molecular weight excluding hydrogens is 378 g/mol. The van der Waals surface area contributed by atoms with Crippen molar-refractivity contribution in [3.05, 3.63) is 45.1 Å². The van der Waals surface area contributed by atoms with Gasteiger partial charge >= 0.3 is 0 Å². The van der Waals surface area contributed by atoms with Crippen molar-refractivity contribution < 1.29 is 9.59 Å². The van der Waals surface area contributed by atoms with Gasteiger partial charge < -0.3 is 4.90 Å². The van der Waals surface area contributed by atoms with E-state index < -0.39 is 0 Å². The van der Waals surface area contributed by atoms with Crippen LogP contribution in [0, 0.1) is 0 Å². The van der Waals surface area contributed by atoms with E-state index in [4.69, 9.17) is 11.6 Å². The molecule has 0 unspecified atom stereocenters. The van der Waals surface area contributed by atoms with Crippen LogP contribution in [0.4, 0.5) is 5.13 Å². The Kier molecular flexibility index (Phi) is 5.88. The average molecular weight is 396 g/mol. The van der Waals surface area contributed by atoms with Crippen LogP contribution in [0.5, 0.6) is 0 Å². The van der Waals surface area contributed by atoms with E-state index >= 15 is 0 Å². The smallest absolute Gasteiger partial charge is 0.229 e. The number of rotatable bonds is 7. The predicted molar refractivity (Wildman–Crippen MR) is 102 cm³/mol. The van der Waals surface area contributed by atoms with Crippen LogP contribution >= 0.6 is 34.3 Å². The van der Waals surface area contributed by atoms with Gasteiger partial charge in [0, 0.05) is 29.8 Å². The summed E-state index contributed by atoms with van der Waals surface area (Å²) >= 11 is 8.84. The molecule has 1 fully saturated rings. The number of thiophene rings is 1. The van der Waals surface area contributed by atoms with Gasteiger partial charge in [-0.1, -0.05) is 17.7 Å². The quantitative estimate of drug-likeness (QED) is 0.671. The lowest BCUT2D eigenvalue weighted by Gasteiger charge is -2.20. The summed E-state index contributed by atoms with van der Waals surface area (Å²) < 4.78 is 0.709. The van der Waals surface area contributed by atoms with E-state index in [1.807, 2.05) is 17.5 Å². The minimum atomic E-state index is -0.0194. The number of carbonyl (C=O) groups is 2. The minimum absolute atomic E-state index is 0.0194. The monoisotopic (exact) mass is 395 g/mol. The van der Waals surface area contributed by atoms with Gasteiger partial charge in [0.15, 0.2) is 5.13 Å². The molecular formula is C17H18ClN3O2S2. The van der Waals surface area contributed by atoms with E-state index in [0.29, 0.717) is 41.2 Å². The van der Waals surface area contributed by atoms with E-state index in [2.05, 4.69) is 11.6 Å². The first kappa shape index (κ1) is 18.1. The summed E-state index contributed by atoms with van der Waals surface area (Å²) in [7, 11) is 0. The Morgan fingerprint density at radius 2 is 2.32 bits per heavy atom. The summed E-state index contributed by atoms with van der Waals surface area (Å²) in [6, 6.07) is 3.76. The van der Waals surface area contributed by atoms with Gasteiger partial charge in [0.05, 0.1) is 23.0 Å². The maximum atomic E-state index is 12.6. The van der Waals surface area contributed by atoms with Gasteiger partial charge in [-0.25, -0.2) is 4.98 Å². The van der Waals surface area contributed by atoms with Crippen LogP contribution < -0.4 is 4.90 Å². The van der Waals surface area contributed by atoms with E-state index in [1.54, 1.807) is 15.9 Å². The van der Waals surface area contributed by atoms with Gasteiger partial charge in [-0.2, -0.15) is 0 Å². The number of anilines is 1. The number of aromatic nitrogens is 1.